The van der Waals surface area contributed by atoms with Gasteiger partial charge in [-0.1, -0.05) is 12.1 Å². The minimum Gasteiger partial charge on any atom is -0.450 e. The highest BCUT2D eigenvalue weighted by atomic mass is 79.9. The molecule has 0 atom stereocenters. The van der Waals surface area contributed by atoms with Crippen molar-refractivity contribution < 1.29 is 9.41 Å². The summed E-state index contributed by atoms with van der Waals surface area (Å²) in [4.78, 5) is 0. The van der Waals surface area contributed by atoms with E-state index in [0.29, 0.717) is 4.47 Å². The third-order valence-electron chi connectivity index (χ3n) is 1.12. The molecular formula is C6H4BBrFO. The molecule has 0 aliphatic carbocycles. The number of benzene rings is 1. The first-order valence-electron chi connectivity index (χ1n) is 2.67. The second-order valence-electron chi connectivity index (χ2n) is 1.77. The van der Waals surface area contributed by atoms with Crippen molar-refractivity contribution in [1.82, 2.24) is 0 Å². The Kier molecular flexibility index (Phi) is 2.46. The van der Waals surface area contributed by atoms with Crippen molar-refractivity contribution in [3.63, 3.8) is 0 Å². The number of halogens is 2. The third-order valence-corrected chi connectivity index (χ3v) is 1.73. The monoisotopic (exact) mass is 201 g/mol. The summed E-state index contributed by atoms with van der Waals surface area (Å²) in [5.41, 5.74) is 0.189. The van der Waals surface area contributed by atoms with Gasteiger partial charge in [-0.25, -0.2) is 4.39 Å². The topological polar surface area (TPSA) is 20.2 Å². The van der Waals surface area contributed by atoms with Crippen molar-refractivity contribution in [2.24, 2.45) is 0 Å². The molecule has 0 aliphatic heterocycles. The van der Waals surface area contributed by atoms with Crippen molar-refractivity contribution in [3.05, 3.63) is 28.5 Å². The van der Waals surface area contributed by atoms with Crippen LogP contribution < -0.4 is 5.46 Å². The molecule has 51 valence electrons. The SMILES string of the molecule is O[B]c1cccc(Br)c1F. The summed E-state index contributed by atoms with van der Waals surface area (Å²) in [5.74, 6) is -0.440. The Morgan fingerprint density at radius 3 is 2.70 bits per heavy atom. The minimum atomic E-state index is -0.440. The maximum Gasteiger partial charge on any atom is 0.329 e. The third kappa shape index (κ3) is 1.38. The Morgan fingerprint density at radius 1 is 1.50 bits per heavy atom. The van der Waals surface area contributed by atoms with Crippen LogP contribution in [-0.4, -0.2) is 12.5 Å². The van der Waals surface area contributed by atoms with Gasteiger partial charge in [-0.15, -0.1) is 0 Å². The zero-order chi connectivity index (χ0) is 7.56. The predicted molar refractivity (Wildman–Crippen MR) is 41.7 cm³/mol. The smallest absolute Gasteiger partial charge is 0.329 e. The Hall–Kier alpha value is -0.345. The van der Waals surface area contributed by atoms with Gasteiger partial charge in [0.15, 0.2) is 0 Å². The fourth-order valence-electron chi connectivity index (χ4n) is 0.620. The molecule has 0 saturated heterocycles. The first kappa shape index (κ1) is 7.76. The van der Waals surface area contributed by atoms with Gasteiger partial charge in [-0.05, 0) is 27.5 Å². The van der Waals surface area contributed by atoms with Crippen LogP contribution >= 0.6 is 15.9 Å². The van der Waals surface area contributed by atoms with Gasteiger partial charge >= 0.3 is 7.48 Å². The molecule has 0 aliphatic rings. The van der Waals surface area contributed by atoms with E-state index in [9.17, 15) is 4.39 Å². The molecule has 1 rings (SSSR count). The van der Waals surface area contributed by atoms with E-state index in [2.05, 4.69) is 15.9 Å². The van der Waals surface area contributed by atoms with Gasteiger partial charge in [0.05, 0.1) is 4.47 Å². The molecule has 0 bridgehead atoms. The Balaban J connectivity index is 3.14. The lowest BCUT2D eigenvalue weighted by Crippen LogP contribution is -2.17. The molecule has 1 N–H and O–H groups in total. The zero-order valence-corrected chi connectivity index (χ0v) is 6.60. The van der Waals surface area contributed by atoms with Crippen LogP contribution in [0, 0.1) is 5.82 Å². The normalized spacial score (nSPS) is 9.50. The van der Waals surface area contributed by atoms with E-state index < -0.39 is 5.82 Å². The average molecular weight is 202 g/mol. The summed E-state index contributed by atoms with van der Waals surface area (Å²) in [6.07, 6.45) is 0. The van der Waals surface area contributed by atoms with E-state index in [0.717, 1.165) is 7.48 Å². The van der Waals surface area contributed by atoms with E-state index in [-0.39, 0.29) is 5.46 Å². The van der Waals surface area contributed by atoms with E-state index in [1.54, 1.807) is 12.1 Å². The number of rotatable bonds is 1. The first-order valence-corrected chi connectivity index (χ1v) is 3.46. The molecule has 1 nitrogen and oxygen atoms in total. The van der Waals surface area contributed by atoms with E-state index >= 15 is 0 Å². The molecule has 1 radical (unpaired) electrons. The van der Waals surface area contributed by atoms with Crippen molar-refractivity contribution in [1.29, 1.82) is 0 Å². The van der Waals surface area contributed by atoms with Crippen molar-refractivity contribution >= 4 is 28.9 Å². The van der Waals surface area contributed by atoms with Crippen molar-refractivity contribution in [2.45, 2.75) is 0 Å². The quantitative estimate of drug-likeness (QED) is 0.668. The molecule has 0 saturated carbocycles. The van der Waals surface area contributed by atoms with Crippen LogP contribution in [0.5, 0.6) is 0 Å². The molecule has 1 aromatic carbocycles. The fraction of sp³-hybridized carbons (Fsp3) is 0. The van der Waals surface area contributed by atoms with Gasteiger partial charge in [0.2, 0.25) is 0 Å². The summed E-state index contributed by atoms with van der Waals surface area (Å²) in [5, 5.41) is 8.46. The van der Waals surface area contributed by atoms with Crippen LogP contribution in [0.1, 0.15) is 0 Å². The Morgan fingerprint density at radius 2 is 2.20 bits per heavy atom. The minimum absolute atomic E-state index is 0.189. The summed E-state index contributed by atoms with van der Waals surface area (Å²) in [7, 11) is 0.736. The average Bonchev–Trinajstić information content (AvgIpc) is 1.95. The maximum absolute atomic E-state index is 12.8. The second-order valence-corrected chi connectivity index (χ2v) is 2.63. The van der Waals surface area contributed by atoms with Gasteiger partial charge in [-0.3, -0.25) is 0 Å². The highest BCUT2D eigenvalue weighted by Crippen LogP contribution is 2.10. The molecule has 1 aromatic rings. The molecule has 0 amide bonds. The molecule has 10 heavy (non-hydrogen) atoms. The lowest BCUT2D eigenvalue weighted by molar-refractivity contribution is 0.600. The van der Waals surface area contributed by atoms with Crippen LogP contribution in [0.25, 0.3) is 0 Å². The first-order chi connectivity index (χ1) is 4.75. The van der Waals surface area contributed by atoms with Gasteiger partial charge in [0.25, 0.3) is 0 Å². The molecule has 0 spiro atoms. The van der Waals surface area contributed by atoms with E-state index in [4.69, 9.17) is 5.02 Å². The van der Waals surface area contributed by atoms with E-state index in [1.165, 1.54) is 6.07 Å². The highest BCUT2D eigenvalue weighted by Gasteiger charge is 2.04. The standard InChI is InChI=1S/C6H4BBrFO/c8-5-3-1-2-4(7-10)6(5)9/h1-3,10H. The van der Waals surface area contributed by atoms with Gasteiger partial charge in [0.1, 0.15) is 5.82 Å². The highest BCUT2D eigenvalue weighted by molar-refractivity contribution is 9.10. The van der Waals surface area contributed by atoms with Gasteiger partial charge in [0, 0.05) is 0 Å². The van der Waals surface area contributed by atoms with Crippen molar-refractivity contribution in [3.8, 4) is 0 Å². The Labute approximate surface area is 67.3 Å². The lowest BCUT2D eigenvalue weighted by atomic mass is 9.88. The zero-order valence-electron chi connectivity index (χ0n) is 5.01. The van der Waals surface area contributed by atoms with Crippen LogP contribution in [0.3, 0.4) is 0 Å². The van der Waals surface area contributed by atoms with Crippen LogP contribution in [0.4, 0.5) is 4.39 Å². The van der Waals surface area contributed by atoms with Gasteiger partial charge in [-0.2, -0.15) is 0 Å². The van der Waals surface area contributed by atoms with Gasteiger partial charge < -0.3 is 5.02 Å². The lowest BCUT2D eigenvalue weighted by Gasteiger charge is -1.97. The summed E-state index contributed by atoms with van der Waals surface area (Å²) < 4.78 is 13.1. The molecule has 0 heterocycles. The maximum atomic E-state index is 12.8. The molecular weight excluding hydrogens is 198 g/mol. The summed E-state index contributed by atoms with van der Waals surface area (Å²) in [6, 6.07) is 4.71. The number of hydrogen-bond donors (Lipinski definition) is 1. The molecule has 0 unspecified atom stereocenters. The summed E-state index contributed by atoms with van der Waals surface area (Å²) in [6.45, 7) is 0. The van der Waals surface area contributed by atoms with Crippen LogP contribution in [0.15, 0.2) is 22.7 Å². The number of hydrogen-bond acceptors (Lipinski definition) is 1. The summed E-state index contributed by atoms with van der Waals surface area (Å²) >= 11 is 2.98. The Bertz CT molecular complexity index is 241. The van der Waals surface area contributed by atoms with Crippen LogP contribution in [0.2, 0.25) is 0 Å². The van der Waals surface area contributed by atoms with Crippen LogP contribution in [-0.2, 0) is 0 Å². The fourth-order valence-corrected chi connectivity index (χ4v) is 1.00. The molecule has 0 aromatic heterocycles. The second kappa shape index (κ2) is 3.17. The predicted octanol–water partition coefficient (Wildman–Crippen LogP) is 0.825. The van der Waals surface area contributed by atoms with E-state index in [1.807, 2.05) is 0 Å². The largest absolute Gasteiger partial charge is 0.450 e. The van der Waals surface area contributed by atoms with Crippen molar-refractivity contribution in [2.75, 3.05) is 0 Å². The molecule has 0 fully saturated rings. The molecule has 4 heteroatoms.